The third-order valence-corrected chi connectivity index (χ3v) is 5.99. The van der Waals surface area contributed by atoms with Crippen LogP contribution in [0.1, 0.15) is 24.1 Å². The second kappa shape index (κ2) is 8.18. The summed E-state index contributed by atoms with van der Waals surface area (Å²) < 4.78 is 50.6. The lowest BCUT2D eigenvalue weighted by atomic mass is 10.2. The Hall–Kier alpha value is -3.14. The SMILES string of the molecule is Cc1cc2c(F)c(Oc3ncnn4cc(OCCCCS(C)(=O)=O)c(C)c34)ccc2[nH]1. The first kappa shape index (κ1) is 21.1. The molecule has 3 aromatic heterocycles. The molecule has 164 valence electrons. The predicted octanol–water partition coefficient (Wildman–Crippen LogP) is 3.96. The Kier molecular flexibility index (Phi) is 5.57. The van der Waals surface area contributed by atoms with Gasteiger partial charge >= 0.3 is 0 Å². The Balaban J connectivity index is 1.56. The van der Waals surface area contributed by atoms with Crippen LogP contribution in [0.15, 0.2) is 30.7 Å². The lowest BCUT2D eigenvalue weighted by Gasteiger charge is -2.08. The molecule has 0 aliphatic heterocycles. The van der Waals surface area contributed by atoms with Gasteiger partial charge in [-0.3, -0.25) is 0 Å². The molecule has 0 spiro atoms. The summed E-state index contributed by atoms with van der Waals surface area (Å²) in [6.45, 7) is 4.07. The number of aromatic nitrogens is 4. The molecule has 4 rings (SSSR count). The number of hydrogen-bond acceptors (Lipinski definition) is 6. The number of nitrogens with one attached hydrogen (secondary N) is 1. The molecular formula is C21H23FN4O4S. The summed E-state index contributed by atoms with van der Waals surface area (Å²) >= 11 is 0. The van der Waals surface area contributed by atoms with Crippen molar-refractivity contribution >= 4 is 26.3 Å². The fourth-order valence-electron chi connectivity index (χ4n) is 3.45. The number of aromatic amines is 1. The average molecular weight is 447 g/mol. The molecule has 0 aliphatic rings. The summed E-state index contributed by atoms with van der Waals surface area (Å²) in [5.41, 5.74) is 2.87. The highest BCUT2D eigenvalue weighted by Crippen LogP contribution is 2.34. The van der Waals surface area contributed by atoms with Crippen LogP contribution in [0.5, 0.6) is 17.4 Å². The number of nitrogens with zero attached hydrogens (tertiary/aromatic N) is 3. The Morgan fingerprint density at radius 3 is 2.77 bits per heavy atom. The molecule has 4 aromatic rings. The van der Waals surface area contributed by atoms with E-state index in [1.165, 1.54) is 12.6 Å². The van der Waals surface area contributed by atoms with E-state index < -0.39 is 15.7 Å². The lowest BCUT2D eigenvalue weighted by molar-refractivity contribution is 0.308. The van der Waals surface area contributed by atoms with Crippen molar-refractivity contribution < 1.29 is 22.3 Å². The Morgan fingerprint density at radius 2 is 2.00 bits per heavy atom. The summed E-state index contributed by atoms with van der Waals surface area (Å²) in [4.78, 5) is 7.28. The number of unbranched alkanes of at least 4 members (excludes halogenated alkanes) is 1. The Bertz CT molecular complexity index is 1360. The van der Waals surface area contributed by atoms with Crippen molar-refractivity contribution in [2.45, 2.75) is 26.7 Å². The number of ether oxygens (including phenoxy) is 2. The van der Waals surface area contributed by atoms with Gasteiger partial charge in [-0.15, -0.1) is 0 Å². The van der Waals surface area contributed by atoms with Crippen LogP contribution in [-0.2, 0) is 9.84 Å². The molecular weight excluding hydrogens is 423 g/mol. The van der Waals surface area contributed by atoms with Crippen LogP contribution >= 0.6 is 0 Å². The van der Waals surface area contributed by atoms with Gasteiger partial charge < -0.3 is 14.5 Å². The molecule has 0 saturated carbocycles. The highest BCUT2D eigenvalue weighted by atomic mass is 32.2. The van der Waals surface area contributed by atoms with Gasteiger partial charge in [-0.05, 0) is 44.9 Å². The van der Waals surface area contributed by atoms with Crippen molar-refractivity contribution in [3.63, 3.8) is 0 Å². The van der Waals surface area contributed by atoms with Crippen LogP contribution in [0, 0.1) is 19.7 Å². The lowest BCUT2D eigenvalue weighted by Crippen LogP contribution is -2.05. The maximum absolute atomic E-state index is 14.9. The van der Waals surface area contributed by atoms with E-state index in [2.05, 4.69) is 15.1 Å². The zero-order valence-electron chi connectivity index (χ0n) is 17.5. The second-order valence-corrected chi connectivity index (χ2v) is 9.82. The minimum atomic E-state index is -2.98. The minimum Gasteiger partial charge on any atom is -0.492 e. The average Bonchev–Trinajstić information content (AvgIpc) is 3.23. The number of H-pyrrole nitrogens is 1. The van der Waals surface area contributed by atoms with Crippen LogP contribution in [0.2, 0.25) is 0 Å². The molecule has 0 amide bonds. The monoisotopic (exact) mass is 446 g/mol. The van der Waals surface area contributed by atoms with Crippen molar-refractivity contribution in [3.05, 3.63) is 47.8 Å². The number of rotatable bonds is 8. The first-order chi connectivity index (χ1) is 14.7. The van der Waals surface area contributed by atoms with Crippen molar-refractivity contribution in [3.8, 4) is 17.4 Å². The number of halogens is 1. The van der Waals surface area contributed by atoms with Crippen LogP contribution < -0.4 is 9.47 Å². The van der Waals surface area contributed by atoms with E-state index in [1.54, 1.807) is 28.9 Å². The summed E-state index contributed by atoms with van der Waals surface area (Å²) in [7, 11) is -2.98. The molecule has 1 aromatic carbocycles. The van der Waals surface area contributed by atoms with E-state index in [4.69, 9.17) is 9.47 Å². The molecule has 31 heavy (non-hydrogen) atoms. The summed E-state index contributed by atoms with van der Waals surface area (Å²) in [6.07, 6.45) is 5.38. The van der Waals surface area contributed by atoms with E-state index in [0.29, 0.717) is 41.6 Å². The first-order valence-electron chi connectivity index (χ1n) is 9.82. The van der Waals surface area contributed by atoms with E-state index in [1.807, 2.05) is 13.8 Å². The normalized spacial score (nSPS) is 12.0. The van der Waals surface area contributed by atoms with Gasteiger partial charge in [0, 0.05) is 28.4 Å². The van der Waals surface area contributed by atoms with Crippen molar-refractivity contribution in [2.24, 2.45) is 0 Å². The Morgan fingerprint density at radius 1 is 1.19 bits per heavy atom. The smallest absolute Gasteiger partial charge is 0.247 e. The molecule has 0 fully saturated rings. The van der Waals surface area contributed by atoms with E-state index >= 15 is 0 Å². The van der Waals surface area contributed by atoms with Crippen molar-refractivity contribution in [2.75, 3.05) is 18.6 Å². The van der Waals surface area contributed by atoms with E-state index in [0.717, 1.165) is 11.3 Å². The van der Waals surface area contributed by atoms with Crippen LogP contribution in [-0.4, -0.2) is 46.6 Å². The van der Waals surface area contributed by atoms with Crippen LogP contribution in [0.4, 0.5) is 4.39 Å². The summed E-state index contributed by atoms with van der Waals surface area (Å²) in [5.74, 6) is 0.528. The zero-order valence-corrected chi connectivity index (χ0v) is 18.3. The number of benzene rings is 1. The second-order valence-electron chi connectivity index (χ2n) is 7.56. The number of aryl methyl sites for hydroxylation is 2. The van der Waals surface area contributed by atoms with Gasteiger partial charge in [-0.25, -0.2) is 17.3 Å². The first-order valence-corrected chi connectivity index (χ1v) is 11.9. The third-order valence-electron chi connectivity index (χ3n) is 4.96. The van der Waals surface area contributed by atoms with Crippen molar-refractivity contribution in [1.82, 2.24) is 19.6 Å². The van der Waals surface area contributed by atoms with Gasteiger partial charge in [0.15, 0.2) is 11.6 Å². The highest BCUT2D eigenvalue weighted by molar-refractivity contribution is 7.90. The maximum Gasteiger partial charge on any atom is 0.247 e. The number of fused-ring (bicyclic) bond motifs is 2. The molecule has 0 radical (unpaired) electrons. The fraction of sp³-hybridized carbons (Fsp3) is 0.333. The molecule has 8 nitrogen and oxygen atoms in total. The number of hydrogen-bond donors (Lipinski definition) is 1. The van der Waals surface area contributed by atoms with E-state index in [9.17, 15) is 12.8 Å². The van der Waals surface area contributed by atoms with Gasteiger partial charge in [0.25, 0.3) is 0 Å². The topological polar surface area (TPSA) is 98.6 Å². The standard InChI is InChI=1S/C21H23FN4O4S/c1-13-10-15-16(25-13)6-7-17(19(15)22)30-21-20-14(2)18(11-26(20)24-12-23-21)29-8-4-5-9-31(3,27)28/h6-7,10-12,25H,4-5,8-9H2,1-3H3. The molecule has 3 heterocycles. The maximum atomic E-state index is 14.9. The van der Waals surface area contributed by atoms with Gasteiger partial charge in [-0.1, -0.05) is 0 Å². The van der Waals surface area contributed by atoms with Gasteiger partial charge in [0.1, 0.15) is 27.4 Å². The number of sulfone groups is 1. The molecule has 0 bridgehead atoms. The third kappa shape index (κ3) is 4.48. The largest absolute Gasteiger partial charge is 0.492 e. The molecule has 0 saturated heterocycles. The van der Waals surface area contributed by atoms with Gasteiger partial charge in [0.2, 0.25) is 5.88 Å². The predicted molar refractivity (Wildman–Crippen MR) is 115 cm³/mol. The van der Waals surface area contributed by atoms with Crippen molar-refractivity contribution in [1.29, 1.82) is 0 Å². The Labute approximate surface area is 178 Å². The van der Waals surface area contributed by atoms with Gasteiger partial charge in [-0.2, -0.15) is 10.1 Å². The minimum absolute atomic E-state index is 0.0657. The van der Waals surface area contributed by atoms with Crippen LogP contribution in [0.25, 0.3) is 16.4 Å². The molecule has 0 aliphatic carbocycles. The summed E-state index contributed by atoms with van der Waals surface area (Å²) in [6, 6.07) is 5.05. The zero-order chi connectivity index (χ0) is 22.2. The van der Waals surface area contributed by atoms with Gasteiger partial charge in [0.05, 0.1) is 18.6 Å². The summed E-state index contributed by atoms with van der Waals surface area (Å²) in [5, 5.41) is 4.63. The van der Waals surface area contributed by atoms with Crippen LogP contribution in [0.3, 0.4) is 0 Å². The van der Waals surface area contributed by atoms with E-state index in [-0.39, 0.29) is 17.4 Å². The molecule has 1 N–H and O–H groups in total. The molecule has 0 unspecified atom stereocenters. The molecule has 0 atom stereocenters. The fourth-order valence-corrected chi connectivity index (χ4v) is 4.17. The molecule has 10 heteroatoms. The quantitative estimate of drug-likeness (QED) is 0.411. The highest BCUT2D eigenvalue weighted by Gasteiger charge is 2.18.